The molecular weight excluding hydrogens is 478 g/mol. The summed E-state index contributed by atoms with van der Waals surface area (Å²) in [4.78, 5) is 14.9. The van der Waals surface area contributed by atoms with E-state index in [0.717, 1.165) is 95.2 Å². The van der Waals surface area contributed by atoms with Gasteiger partial charge in [-0.05, 0) is 125 Å². The van der Waals surface area contributed by atoms with Gasteiger partial charge in [-0.2, -0.15) is 0 Å². The van der Waals surface area contributed by atoms with Crippen LogP contribution in [-0.2, 0) is 14.5 Å². The van der Waals surface area contributed by atoms with Crippen molar-refractivity contribution in [1.29, 1.82) is 0 Å². The molecule has 5 aliphatic carbocycles. The molecule has 0 unspecified atom stereocenters. The van der Waals surface area contributed by atoms with Gasteiger partial charge in [-0.15, -0.1) is 0 Å². The quantitative estimate of drug-likeness (QED) is 0.163. The van der Waals surface area contributed by atoms with Crippen molar-refractivity contribution in [2.45, 2.75) is 107 Å². The lowest BCUT2D eigenvalue weighted by atomic mass is 9.53. The van der Waals surface area contributed by atoms with Crippen molar-refractivity contribution in [1.82, 2.24) is 4.90 Å². The van der Waals surface area contributed by atoms with Gasteiger partial charge in [-0.3, -0.25) is 0 Å². The second kappa shape index (κ2) is 12.1. The number of nitrogens with zero attached hydrogens (tertiary/aromatic N) is 1. The van der Waals surface area contributed by atoms with E-state index in [-0.39, 0.29) is 12.2 Å². The second-order valence-electron chi connectivity index (χ2n) is 13.1. The van der Waals surface area contributed by atoms with Crippen LogP contribution in [0.25, 0.3) is 0 Å². The highest BCUT2D eigenvalue weighted by Gasteiger charge is 2.60. The van der Waals surface area contributed by atoms with Gasteiger partial charge in [0, 0.05) is 32.0 Å². The Kier molecular flexibility index (Phi) is 8.63. The molecule has 0 atom stereocenters. The third kappa shape index (κ3) is 5.95. The Bertz CT molecular complexity index is 846. The summed E-state index contributed by atoms with van der Waals surface area (Å²) in [5.41, 5.74) is 1.42. The molecular formula is C32H49NO5. The molecule has 6 heteroatoms. The lowest BCUT2D eigenvalue weighted by molar-refractivity contribution is -0.485. The van der Waals surface area contributed by atoms with Crippen LogP contribution in [0, 0.1) is 23.7 Å². The predicted molar refractivity (Wildman–Crippen MR) is 147 cm³/mol. The number of benzene rings is 1. The maximum atomic E-state index is 9.63. The lowest BCUT2D eigenvalue weighted by Gasteiger charge is -2.58. The van der Waals surface area contributed by atoms with Crippen molar-refractivity contribution in [3.63, 3.8) is 0 Å². The van der Waals surface area contributed by atoms with Crippen LogP contribution in [0.2, 0.25) is 0 Å². The Hall–Kier alpha value is -1.18. The fraction of sp³-hybridized carbons (Fsp3) is 0.812. The number of unbranched alkanes of at least 4 members (excludes halogenated alkanes) is 1. The Balaban J connectivity index is 0.896. The maximum absolute atomic E-state index is 9.63. The van der Waals surface area contributed by atoms with Crippen LogP contribution >= 0.6 is 0 Å². The van der Waals surface area contributed by atoms with Crippen molar-refractivity contribution < 1.29 is 24.4 Å². The Morgan fingerprint density at radius 1 is 0.842 bits per heavy atom. The van der Waals surface area contributed by atoms with E-state index >= 15 is 0 Å². The van der Waals surface area contributed by atoms with Crippen LogP contribution in [0.5, 0.6) is 5.75 Å². The van der Waals surface area contributed by atoms with E-state index in [1.54, 1.807) is 0 Å². The molecule has 1 aromatic rings. The summed E-state index contributed by atoms with van der Waals surface area (Å²) in [6, 6.07) is 8.79. The molecule has 1 saturated heterocycles. The fourth-order valence-electron chi connectivity index (χ4n) is 8.59. The third-order valence-electron chi connectivity index (χ3n) is 10.6. The SMILES string of the molecule is COC1(OO[C@H]2CC[C@@H](c3ccc(OCCCCN4CCC(O)CC4)cc3)CC2)C2CC3CC(C2)CC1C3. The number of hydrogen-bond donors (Lipinski definition) is 1. The highest BCUT2D eigenvalue weighted by molar-refractivity contribution is 5.29. The molecule has 1 aromatic carbocycles. The average Bonchev–Trinajstić information content (AvgIpc) is 2.94. The highest BCUT2D eigenvalue weighted by atomic mass is 17.2. The van der Waals surface area contributed by atoms with Gasteiger partial charge in [-0.1, -0.05) is 12.1 Å². The molecule has 6 aliphatic rings. The lowest BCUT2D eigenvalue weighted by Crippen LogP contribution is -2.60. The molecule has 7 rings (SSSR count). The van der Waals surface area contributed by atoms with Gasteiger partial charge in [0.05, 0.1) is 18.8 Å². The number of aliphatic hydroxyl groups is 1. The van der Waals surface area contributed by atoms with Crippen LogP contribution in [0.15, 0.2) is 24.3 Å². The van der Waals surface area contributed by atoms with E-state index in [2.05, 4.69) is 29.2 Å². The summed E-state index contributed by atoms with van der Waals surface area (Å²) in [6.45, 7) is 3.94. The number of hydrogen-bond acceptors (Lipinski definition) is 6. The number of methoxy groups -OCH3 is 1. The molecule has 212 valence electrons. The van der Waals surface area contributed by atoms with Crippen molar-refractivity contribution in [3.8, 4) is 5.75 Å². The van der Waals surface area contributed by atoms with E-state index in [1.165, 1.54) is 37.7 Å². The first-order valence-corrected chi connectivity index (χ1v) is 15.6. The molecule has 1 heterocycles. The number of ether oxygens (including phenoxy) is 2. The van der Waals surface area contributed by atoms with E-state index in [0.29, 0.717) is 17.8 Å². The zero-order chi connectivity index (χ0) is 26.0. The van der Waals surface area contributed by atoms with E-state index in [1.807, 2.05) is 7.11 Å². The minimum absolute atomic E-state index is 0.0882. The zero-order valence-electron chi connectivity index (χ0n) is 23.4. The van der Waals surface area contributed by atoms with Gasteiger partial charge in [0.2, 0.25) is 5.79 Å². The van der Waals surface area contributed by atoms with E-state index in [9.17, 15) is 5.11 Å². The molecule has 0 aromatic heterocycles. The molecule has 0 spiro atoms. The smallest absolute Gasteiger partial charge is 0.207 e. The van der Waals surface area contributed by atoms with Crippen molar-refractivity contribution >= 4 is 0 Å². The van der Waals surface area contributed by atoms with Crippen molar-refractivity contribution in [3.05, 3.63) is 29.8 Å². The number of piperidine rings is 1. The Labute approximate surface area is 229 Å². The summed E-state index contributed by atoms with van der Waals surface area (Å²) >= 11 is 0. The molecule has 1 N–H and O–H groups in total. The molecule has 38 heavy (non-hydrogen) atoms. The summed E-state index contributed by atoms with van der Waals surface area (Å²) in [5, 5.41) is 9.63. The van der Waals surface area contributed by atoms with E-state index in [4.69, 9.17) is 19.2 Å². The van der Waals surface area contributed by atoms with Gasteiger partial charge < -0.3 is 19.5 Å². The first-order valence-electron chi connectivity index (χ1n) is 15.6. The van der Waals surface area contributed by atoms with Crippen molar-refractivity contribution in [2.75, 3.05) is 33.4 Å². The van der Waals surface area contributed by atoms with Gasteiger partial charge in [0.1, 0.15) is 5.75 Å². The number of rotatable bonds is 11. The van der Waals surface area contributed by atoms with Crippen LogP contribution in [0.4, 0.5) is 0 Å². The summed E-state index contributed by atoms with van der Waals surface area (Å²) in [6.07, 6.45) is 14.9. The predicted octanol–water partition coefficient (Wildman–Crippen LogP) is 6.08. The normalized spacial score (nSPS) is 37.5. The molecule has 1 aliphatic heterocycles. The maximum Gasteiger partial charge on any atom is 0.207 e. The summed E-state index contributed by atoms with van der Waals surface area (Å²) < 4.78 is 12.1. The Morgan fingerprint density at radius 3 is 2.13 bits per heavy atom. The van der Waals surface area contributed by atoms with Gasteiger partial charge in [0.15, 0.2) is 0 Å². The van der Waals surface area contributed by atoms with Crippen LogP contribution in [-0.4, -0.2) is 61.4 Å². The molecule has 6 nitrogen and oxygen atoms in total. The van der Waals surface area contributed by atoms with E-state index < -0.39 is 5.79 Å². The molecule has 6 fully saturated rings. The van der Waals surface area contributed by atoms with Gasteiger partial charge in [-0.25, -0.2) is 9.78 Å². The molecule has 0 radical (unpaired) electrons. The largest absolute Gasteiger partial charge is 0.494 e. The number of likely N-dealkylation sites (tertiary alicyclic amines) is 1. The molecule has 5 saturated carbocycles. The van der Waals surface area contributed by atoms with Gasteiger partial charge >= 0.3 is 0 Å². The standard InChI is InChI=1S/C32H49NO5/c1-35-32(27-19-23-18-24(21-27)22-28(32)20-23)38-37-31-10-6-26(7-11-31)25-4-8-30(9-5-25)36-17-3-2-14-33-15-12-29(34)13-16-33/h4-5,8-9,23-24,26-29,31,34H,2-3,6-7,10-22H2,1H3/t23?,24?,26-,27?,28?,31+,32?. The van der Waals surface area contributed by atoms with Crippen molar-refractivity contribution in [2.24, 2.45) is 23.7 Å². The third-order valence-corrected chi connectivity index (χ3v) is 10.6. The summed E-state index contributed by atoms with van der Waals surface area (Å²) in [7, 11) is 1.83. The monoisotopic (exact) mass is 527 g/mol. The fourth-order valence-corrected chi connectivity index (χ4v) is 8.59. The average molecular weight is 528 g/mol. The Morgan fingerprint density at radius 2 is 1.50 bits per heavy atom. The topological polar surface area (TPSA) is 60.4 Å². The van der Waals surface area contributed by atoms with Crippen LogP contribution in [0.1, 0.15) is 95.0 Å². The molecule has 0 amide bonds. The summed E-state index contributed by atoms with van der Waals surface area (Å²) in [5.74, 6) is 3.84. The minimum Gasteiger partial charge on any atom is -0.494 e. The van der Waals surface area contributed by atoms with Crippen LogP contribution in [0.3, 0.4) is 0 Å². The first-order chi connectivity index (χ1) is 18.6. The minimum atomic E-state index is -0.503. The zero-order valence-corrected chi connectivity index (χ0v) is 23.4. The van der Waals surface area contributed by atoms with Gasteiger partial charge in [0.25, 0.3) is 0 Å². The first kappa shape index (κ1) is 27.0. The highest BCUT2D eigenvalue weighted by Crippen LogP contribution is 2.60. The second-order valence-corrected chi connectivity index (χ2v) is 13.1. The number of aliphatic hydroxyl groups excluding tert-OH is 1. The van der Waals surface area contributed by atoms with Crippen LogP contribution < -0.4 is 4.74 Å². The molecule has 4 bridgehead atoms.